The molecule has 0 amide bonds. The Morgan fingerprint density at radius 3 is 2.52 bits per heavy atom. The van der Waals surface area contributed by atoms with Crippen molar-refractivity contribution in [1.82, 2.24) is 9.55 Å². The van der Waals surface area contributed by atoms with E-state index in [1.54, 1.807) is 4.57 Å². The third-order valence-electron chi connectivity index (χ3n) is 3.66. The van der Waals surface area contributed by atoms with Crippen LogP contribution < -0.4 is 5.56 Å². The van der Waals surface area contributed by atoms with Gasteiger partial charge in [0.25, 0.3) is 5.56 Å². The van der Waals surface area contributed by atoms with Crippen molar-refractivity contribution in [2.75, 3.05) is 0 Å². The number of rotatable bonds is 3. The lowest BCUT2D eigenvalue weighted by Gasteiger charge is -2.14. The molecule has 1 aromatic heterocycles. The first-order valence-electron chi connectivity index (χ1n) is 7.29. The maximum Gasteiger partial charge on any atom is 0.266 e. The van der Waals surface area contributed by atoms with E-state index in [4.69, 9.17) is 4.98 Å². The molecule has 0 saturated carbocycles. The highest BCUT2D eigenvalue weighted by molar-refractivity contribution is 5.81. The molecule has 0 N–H and O–H groups in total. The summed E-state index contributed by atoms with van der Waals surface area (Å²) < 4.78 is 1.75. The molecule has 106 valence electrons. The summed E-state index contributed by atoms with van der Waals surface area (Å²) in [7, 11) is 0. The Hall–Kier alpha value is -2.42. The van der Waals surface area contributed by atoms with Crippen LogP contribution in [0.1, 0.15) is 24.7 Å². The molecule has 0 aliphatic heterocycles. The van der Waals surface area contributed by atoms with Crippen molar-refractivity contribution in [1.29, 1.82) is 0 Å². The molecule has 1 heterocycles. The van der Waals surface area contributed by atoms with Crippen molar-refractivity contribution >= 4 is 10.9 Å². The smallest absolute Gasteiger partial charge is 0.266 e. The van der Waals surface area contributed by atoms with Gasteiger partial charge < -0.3 is 0 Å². The molecule has 0 aliphatic carbocycles. The molecule has 0 aliphatic rings. The number of aryl methyl sites for hydroxylation is 2. The summed E-state index contributed by atoms with van der Waals surface area (Å²) in [6, 6.07) is 15.6. The van der Waals surface area contributed by atoms with Crippen LogP contribution in [-0.2, 0) is 6.42 Å². The van der Waals surface area contributed by atoms with Crippen LogP contribution in [-0.4, -0.2) is 9.55 Å². The fraction of sp³-hybridized carbons (Fsp3) is 0.222. The van der Waals surface area contributed by atoms with E-state index in [1.807, 2.05) is 55.5 Å². The summed E-state index contributed by atoms with van der Waals surface area (Å²) >= 11 is 0. The number of benzene rings is 2. The zero-order chi connectivity index (χ0) is 14.8. The first kappa shape index (κ1) is 13.6. The van der Waals surface area contributed by atoms with Crippen molar-refractivity contribution in [2.45, 2.75) is 26.7 Å². The van der Waals surface area contributed by atoms with E-state index in [2.05, 4.69) is 6.92 Å². The summed E-state index contributed by atoms with van der Waals surface area (Å²) in [4.78, 5) is 17.7. The van der Waals surface area contributed by atoms with E-state index in [1.165, 1.54) is 0 Å². The van der Waals surface area contributed by atoms with E-state index in [0.717, 1.165) is 35.4 Å². The topological polar surface area (TPSA) is 34.9 Å². The Kier molecular flexibility index (Phi) is 3.57. The van der Waals surface area contributed by atoms with E-state index < -0.39 is 0 Å². The fourth-order valence-corrected chi connectivity index (χ4v) is 2.68. The quantitative estimate of drug-likeness (QED) is 0.733. The van der Waals surface area contributed by atoms with Crippen LogP contribution in [0.5, 0.6) is 0 Å². The molecule has 3 rings (SSSR count). The van der Waals surface area contributed by atoms with E-state index in [9.17, 15) is 4.79 Å². The van der Waals surface area contributed by atoms with Crippen LogP contribution in [0.25, 0.3) is 16.6 Å². The summed E-state index contributed by atoms with van der Waals surface area (Å²) in [6.07, 6.45) is 1.74. The molecular weight excluding hydrogens is 260 g/mol. The average Bonchev–Trinajstić information content (AvgIpc) is 2.48. The monoisotopic (exact) mass is 278 g/mol. The number of nitrogens with zero attached hydrogens (tertiary/aromatic N) is 2. The minimum atomic E-state index is 0.0211. The van der Waals surface area contributed by atoms with Gasteiger partial charge in [0.2, 0.25) is 0 Å². The Morgan fingerprint density at radius 2 is 1.81 bits per heavy atom. The van der Waals surface area contributed by atoms with Gasteiger partial charge >= 0.3 is 0 Å². The van der Waals surface area contributed by atoms with E-state index >= 15 is 0 Å². The lowest BCUT2D eigenvalue weighted by Crippen LogP contribution is -2.24. The normalized spacial score (nSPS) is 11.0. The lowest BCUT2D eigenvalue weighted by atomic mass is 10.1. The largest absolute Gasteiger partial charge is 0.268 e. The molecule has 3 aromatic rings. The summed E-state index contributed by atoms with van der Waals surface area (Å²) in [5, 5.41) is 0.709. The van der Waals surface area contributed by atoms with Gasteiger partial charge in [0.15, 0.2) is 0 Å². The Labute approximate surface area is 123 Å². The minimum absolute atomic E-state index is 0.0211. The highest BCUT2D eigenvalue weighted by atomic mass is 16.1. The summed E-state index contributed by atoms with van der Waals surface area (Å²) in [5.41, 5.74) is 2.66. The van der Waals surface area contributed by atoms with Crippen molar-refractivity contribution in [3.63, 3.8) is 0 Å². The first-order chi connectivity index (χ1) is 10.2. The second-order valence-corrected chi connectivity index (χ2v) is 5.22. The molecule has 21 heavy (non-hydrogen) atoms. The molecule has 0 bridgehead atoms. The zero-order valence-electron chi connectivity index (χ0n) is 12.3. The second kappa shape index (κ2) is 5.52. The van der Waals surface area contributed by atoms with Gasteiger partial charge in [-0.3, -0.25) is 9.36 Å². The van der Waals surface area contributed by atoms with Gasteiger partial charge in [-0.05, 0) is 37.1 Å². The maximum atomic E-state index is 13.0. The number of para-hydroxylation sites is 1. The van der Waals surface area contributed by atoms with Crippen LogP contribution >= 0.6 is 0 Å². The van der Waals surface area contributed by atoms with Gasteiger partial charge in [0.05, 0.1) is 16.6 Å². The highest BCUT2D eigenvalue weighted by Crippen LogP contribution is 2.16. The number of hydrogen-bond acceptors (Lipinski definition) is 2. The summed E-state index contributed by atoms with van der Waals surface area (Å²) in [5.74, 6) is 0.826. The average molecular weight is 278 g/mol. The van der Waals surface area contributed by atoms with Crippen LogP contribution in [0.2, 0.25) is 0 Å². The standard InChI is InChI=1S/C18H18N2O/c1-3-8-16-19-15-12-7-9-13(2)17(15)18(21)20(16)14-10-5-4-6-11-14/h4-7,9-12H,3,8H2,1-2H3. The van der Waals surface area contributed by atoms with Gasteiger partial charge in [-0.1, -0.05) is 37.3 Å². The van der Waals surface area contributed by atoms with Crippen molar-refractivity contribution in [3.05, 3.63) is 70.3 Å². The lowest BCUT2D eigenvalue weighted by molar-refractivity contribution is 0.774. The Bertz CT molecular complexity index is 835. The third-order valence-corrected chi connectivity index (χ3v) is 3.66. The van der Waals surface area contributed by atoms with Crippen molar-refractivity contribution in [2.24, 2.45) is 0 Å². The van der Waals surface area contributed by atoms with E-state index in [-0.39, 0.29) is 5.56 Å². The van der Waals surface area contributed by atoms with Crippen LogP contribution in [0.15, 0.2) is 53.3 Å². The molecule has 0 spiro atoms. The third kappa shape index (κ3) is 2.35. The molecule has 3 nitrogen and oxygen atoms in total. The van der Waals surface area contributed by atoms with Crippen molar-refractivity contribution < 1.29 is 0 Å². The van der Waals surface area contributed by atoms with Crippen LogP contribution in [0, 0.1) is 6.92 Å². The molecule has 0 atom stereocenters. The number of hydrogen-bond donors (Lipinski definition) is 0. The van der Waals surface area contributed by atoms with Gasteiger partial charge in [0, 0.05) is 6.42 Å². The van der Waals surface area contributed by atoms with Gasteiger partial charge in [-0.25, -0.2) is 4.98 Å². The second-order valence-electron chi connectivity index (χ2n) is 5.22. The Morgan fingerprint density at radius 1 is 1.05 bits per heavy atom. The van der Waals surface area contributed by atoms with Crippen molar-refractivity contribution in [3.8, 4) is 5.69 Å². The molecule has 0 radical (unpaired) electrons. The predicted molar refractivity (Wildman–Crippen MR) is 86.1 cm³/mol. The fourth-order valence-electron chi connectivity index (χ4n) is 2.68. The Balaban J connectivity index is 2.41. The molecular formula is C18H18N2O. The van der Waals surface area contributed by atoms with Crippen LogP contribution in [0.3, 0.4) is 0 Å². The number of aromatic nitrogens is 2. The molecule has 0 unspecified atom stereocenters. The SMILES string of the molecule is CCCc1nc2cccc(C)c2c(=O)n1-c1ccccc1. The van der Waals surface area contributed by atoms with Crippen LogP contribution in [0.4, 0.5) is 0 Å². The molecule has 3 heteroatoms. The van der Waals surface area contributed by atoms with Gasteiger partial charge in [0.1, 0.15) is 5.82 Å². The van der Waals surface area contributed by atoms with Gasteiger partial charge in [-0.15, -0.1) is 0 Å². The zero-order valence-corrected chi connectivity index (χ0v) is 12.3. The predicted octanol–water partition coefficient (Wildman–Crippen LogP) is 3.65. The number of fused-ring (bicyclic) bond motifs is 1. The molecule has 0 fully saturated rings. The molecule has 2 aromatic carbocycles. The summed E-state index contributed by atoms with van der Waals surface area (Å²) in [6.45, 7) is 4.06. The first-order valence-corrected chi connectivity index (χ1v) is 7.29. The van der Waals surface area contributed by atoms with E-state index in [0.29, 0.717) is 5.39 Å². The molecule has 0 saturated heterocycles. The highest BCUT2D eigenvalue weighted by Gasteiger charge is 2.13. The maximum absolute atomic E-state index is 13.0. The minimum Gasteiger partial charge on any atom is -0.268 e. The van der Waals surface area contributed by atoms with Gasteiger partial charge in [-0.2, -0.15) is 0 Å².